The number of fused-ring (bicyclic) bond motifs is 1. The van der Waals surface area contributed by atoms with Gasteiger partial charge in [-0.3, -0.25) is 0 Å². The van der Waals surface area contributed by atoms with Gasteiger partial charge >= 0.3 is 7.12 Å². The topological polar surface area (TPSA) is 67.4 Å². The highest BCUT2D eigenvalue weighted by Crippen LogP contribution is 2.39. The van der Waals surface area contributed by atoms with Crippen LogP contribution in [0.25, 0.3) is 10.9 Å². The number of nitriles is 1. The molecule has 0 radical (unpaired) electrons. The fourth-order valence-corrected chi connectivity index (χ4v) is 3.79. The van der Waals surface area contributed by atoms with E-state index in [0.29, 0.717) is 5.56 Å². The Morgan fingerprint density at radius 1 is 1.19 bits per heavy atom. The van der Waals surface area contributed by atoms with Crippen molar-refractivity contribution in [3.05, 3.63) is 29.5 Å². The molecule has 5 nitrogen and oxygen atoms in total. The van der Waals surface area contributed by atoms with E-state index >= 15 is 0 Å². The van der Waals surface area contributed by atoms with Gasteiger partial charge in [0.15, 0.2) is 0 Å². The molecule has 1 aliphatic carbocycles. The molecule has 1 aromatic carbocycles. The molecule has 0 bridgehead atoms. The van der Waals surface area contributed by atoms with E-state index in [9.17, 15) is 10.4 Å². The van der Waals surface area contributed by atoms with Crippen LogP contribution in [0.2, 0.25) is 0 Å². The number of nitrogens with zero attached hydrogens (tertiary/aromatic N) is 2. The molecule has 4 rings (SSSR count). The van der Waals surface area contributed by atoms with E-state index in [-0.39, 0.29) is 12.1 Å². The van der Waals surface area contributed by atoms with Crippen molar-refractivity contribution in [2.24, 2.45) is 0 Å². The van der Waals surface area contributed by atoms with E-state index in [4.69, 9.17) is 9.31 Å². The Balaban J connectivity index is 1.86. The Labute approximate surface area is 154 Å². The smallest absolute Gasteiger partial charge is 0.399 e. The van der Waals surface area contributed by atoms with Crippen LogP contribution < -0.4 is 5.46 Å². The molecule has 0 unspecified atom stereocenters. The minimum atomic E-state index is -0.469. The lowest BCUT2D eigenvalue weighted by Gasteiger charge is -2.33. The highest BCUT2D eigenvalue weighted by atomic mass is 16.7. The molecule has 1 aromatic heterocycles. The quantitative estimate of drug-likeness (QED) is 0.844. The Morgan fingerprint density at radius 3 is 2.35 bits per heavy atom. The van der Waals surface area contributed by atoms with Crippen LogP contribution in [0.3, 0.4) is 0 Å². The van der Waals surface area contributed by atoms with Crippen LogP contribution in [0.5, 0.6) is 0 Å². The van der Waals surface area contributed by atoms with Crippen molar-refractivity contribution in [3.63, 3.8) is 0 Å². The van der Waals surface area contributed by atoms with E-state index in [1.165, 1.54) is 0 Å². The minimum Gasteiger partial charge on any atom is -0.399 e. The van der Waals surface area contributed by atoms with E-state index in [2.05, 4.69) is 22.9 Å². The third-order valence-corrected chi connectivity index (χ3v) is 6.32. The Morgan fingerprint density at radius 2 is 1.81 bits per heavy atom. The Kier molecular flexibility index (Phi) is 3.79. The van der Waals surface area contributed by atoms with Crippen molar-refractivity contribution >= 4 is 23.5 Å². The summed E-state index contributed by atoms with van der Waals surface area (Å²) in [5.41, 5.74) is 2.82. The first-order chi connectivity index (χ1) is 12.1. The average molecular weight is 352 g/mol. The molecule has 2 aliphatic rings. The molecule has 0 atom stereocenters. The van der Waals surface area contributed by atoms with Gasteiger partial charge < -0.3 is 19.0 Å². The molecule has 2 aromatic rings. The van der Waals surface area contributed by atoms with E-state index < -0.39 is 18.3 Å². The summed E-state index contributed by atoms with van der Waals surface area (Å²) < 4.78 is 14.7. The second-order valence-electron chi connectivity index (χ2n) is 8.66. The zero-order valence-corrected chi connectivity index (χ0v) is 16.0. The summed E-state index contributed by atoms with van der Waals surface area (Å²) in [6.45, 7) is 10.1. The van der Waals surface area contributed by atoms with Gasteiger partial charge in [-0.05, 0) is 65.2 Å². The maximum atomic E-state index is 9.74. The molecule has 1 aliphatic heterocycles. The second-order valence-corrected chi connectivity index (χ2v) is 8.66. The van der Waals surface area contributed by atoms with Crippen LogP contribution in [0, 0.1) is 18.3 Å². The van der Waals surface area contributed by atoms with E-state index in [0.717, 1.165) is 34.8 Å². The van der Waals surface area contributed by atoms with Crippen LogP contribution in [0.15, 0.2) is 18.3 Å². The highest BCUT2D eigenvalue weighted by molar-refractivity contribution is 6.65. The summed E-state index contributed by atoms with van der Waals surface area (Å²) in [5, 5.41) is 20.2. The van der Waals surface area contributed by atoms with Crippen LogP contribution in [0.4, 0.5) is 0 Å². The Bertz CT molecular complexity index is 903. The molecule has 0 spiro atoms. The van der Waals surface area contributed by atoms with Crippen LogP contribution in [0.1, 0.15) is 57.7 Å². The summed E-state index contributed by atoms with van der Waals surface area (Å²) in [5.74, 6) is 0. The van der Waals surface area contributed by atoms with Crippen molar-refractivity contribution in [2.75, 3.05) is 0 Å². The molecule has 1 saturated carbocycles. The summed E-state index contributed by atoms with van der Waals surface area (Å²) in [7, 11) is -0.469. The van der Waals surface area contributed by atoms with Gasteiger partial charge in [-0.25, -0.2) is 0 Å². The maximum absolute atomic E-state index is 9.74. The van der Waals surface area contributed by atoms with Gasteiger partial charge in [0.05, 0.1) is 28.9 Å². The van der Waals surface area contributed by atoms with Gasteiger partial charge in [-0.2, -0.15) is 5.26 Å². The van der Waals surface area contributed by atoms with Gasteiger partial charge in [-0.1, -0.05) is 0 Å². The molecule has 136 valence electrons. The standard InChI is InChI=1S/C20H25BN2O3/c1-12-6-18-16(7-13(12)10-22)17(11-23(18)14-8-15(24)9-14)21-25-19(2,3)20(4,5)26-21/h6-7,11,14-15,24H,8-9H2,1-5H3. The second kappa shape index (κ2) is 5.59. The summed E-state index contributed by atoms with van der Waals surface area (Å²) >= 11 is 0. The number of aliphatic hydroxyl groups is 1. The summed E-state index contributed by atoms with van der Waals surface area (Å²) in [4.78, 5) is 0. The van der Waals surface area contributed by atoms with Crippen LogP contribution in [-0.4, -0.2) is 34.1 Å². The van der Waals surface area contributed by atoms with Crippen molar-refractivity contribution in [3.8, 4) is 6.07 Å². The largest absolute Gasteiger partial charge is 0.497 e. The van der Waals surface area contributed by atoms with Crippen molar-refractivity contribution < 1.29 is 14.4 Å². The van der Waals surface area contributed by atoms with E-state index in [1.54, 1.807) is 0 Å². The third-order valence-electron chi connectivity index (χ3n) is 6.32. The lowest BCUT2D eigenvalue weighted by molar-refractivity contribution is 0.00578. The molecule has 2 heterocycles. The summed E-state index contributed by atoms with van der Waals surface area (Å²) in [6, 6.07) is 6.56. The fourth-order valence-electron chi connectivity index (χ4n) is 3.79. The summed E-state index contributed by atoms with van der Waals surface area (Å²) in [6.07, 6.45) is 3.37. The molecule has 1 N–H and O–H groups in total. The van der Waals surface area contributed by atoms with Gasteiger partial charge in [0, 0.05) is 28.6 Å². The monoisotopic (exact) mass is 352 g/mol. The highest BCUT2D eigenvalue weighted by Gasteiger charge is 2.52. The Hall–Kier alpha value is -1.81. The molecular weight excluding hydrogens is 327 g/mol. The first kappa shape index (κ1) is 17.6. The molecule has 6 heteroatoms. The number of hydrogen-bond acceptors (Lipinski definition) is 4. The number of aromatic nitrogens is 1. The van der Waals surface area contributed by atoms with Gasteiger partial charge in [0.25, 0.3) is 0 Å². The number of benzene rings is 1. The van der Waals surface area contributed by atoms with Crippen molar-refractivity contribution in [2.45, 2.75) is 70.8 Å². The van der Waals surface area contributed by atoms with Crippen molar-refractivity contribution in [1.82, 2.24) is 4.57 Å². The normalized spacial score (nSPS) is 26.7. The zero-order chi connectivity index (χ0) is 18.9. The molecule has 1 saturated heterocycles. The van der Waals surface area contributed by atoms with E-state index in [1.807, 2.05) is 40.7 Å². The van der Waals surface area contributed by atoms with Crippen molar-refractivity contribution in [1.29, 1.82) is 5.26 Å². The molecular formula is C20H25BN2O3. The van der Waals surface area contributed by atoms with Gasteiger partial charge in [0.1, 0.15) is 0 Å². The SMILES string of the molecule is Cc1cc2c(cc1C#N)c(B1OC(C)(C)C(C)(C)O1)cn2C1CC(O)C1. The third kappa shape index (κ3) is 2.50. The van der Waals surface area contributed by atoms with Gasteiger partial charge in [-0.15, -0.1) is 0 Å². The zero-order valence-electron chi connectivity index (χ0n) is 16.0. The first-order valence-corrected chi connectivity index (χ1v) is 9.22. The molecule has 2 fully saturated rings. The van der Waals surface area contributed by atoms with Crippen LogP contribution in [-0.2, 0) is 9.31 Å². The predicted octanol–water partition coefficient (Wildman–Crippen LogP) is 2.82. The number of rotatable bonds is 2. The number of aliphatic hydroxyl groups excluding tert-OH is 1. The van der Waals surface area contributed by atoms with Gasteiger partial charge in [0.2, 0.25) is 0 Å². The molecule has 26 heavy (non-hydrogen) atoms. The first-order valence-electron chi connectivity index (χ1n) is 9.22. The predicted molar refractivity (Wildman–Crippen MR) is 101 cm³/mol. The fraction of sp³-hybridized carbons (Fsp3) is 0.550. The lowest BCUT2D eigenvalue weighted by atomic mass is 9.78. The molecule has 0 amide bonds. The lowest BCUT2D eigenvalue weighted by Crippen LogP contribution is -2.41. The number of aryl methyl sites for hydroxylation is 1. The number of hydrogen-bond donors (Lipinski definition) is 1. The average Bonchev–Trinajstić information content (AvgIpc) is 2.97. The minimum absolute atomic E-state index is 0.225. The maximum Gasteiger partial charge on any atom is 0.497 e. The van der Waals surface area contributed by atoms with Crippen LogP contribution >= 0.6 is 0 Å².